The second-order valence-corrected chi connectivity index (χ2v) is 2.64. The van der Waals surface area contributed by atoms with Crippen LogP contribution in [0.25, 0.3) is 0 Å². The Bertz CT molecular complexity index is 307. The molecule has 0 fully saturated rings. The highest BCUT2D eigenvalue weighted by molar-refractivity contribution is 5.91. The molecule has 0 aliphatic rings. The Morgan fingerprint density at radius 3 is 2.93 bits per heavy atom. The molecule has 2 N–H and O–H groups in total. The van der Waals surface area contributed by atoms with Crippen LogP contribution in [0.1, 0.15) is 23.3 Å². The third-order valence-electron chi connectivity index (χ3n) is 1.52. The number of carboxylic acids is 1. The maximum atomic E-state index is 11.2. The molecular formula is C8H10N2O4. The molecule has 0 saturated carbocycles. The van der Waals surface area contributed by atoms with E-state index in [0.717, 1.165) is 0 Å². The lowest BCUT2D eigenvalue weighted by Crippen LogP contribution is -2.25. The number of hydrogen-bond acceptors (Lipinski definition) is 4. The third-order valence-corrected chi connectivity index (χ3v) is 1.52. The van der Waals surface area contributed by atoms with E-state index in [-0.39, 0.29) is 18.0 Å². The maximum Gasteiger partial charge on any atom is 0.303 e. The van der Waals surface area contributed by atoms with Crippen molar-refractivity contribution in [1.29, 1.82) is 0 Å². The first-order valence-corrected chi connectivity index (χ1v) is 4.10. The number of aromatic nitrogens is 1. The van der Waals surface area contributed by atoms with Crippen LogP contribution in [0.15, 0.2) is 16.9 Å². The van der Waals surface area contributed by atoms with Gasteiger partial charge in [-0.1, -0.05) is 5.16 Å². The summed E-state index contributed by atoms with van der Waals surface area (Å²) in [6.07, 6.45) is 1.74. The van der Waals surface area contributed by atoms with Crippen LogP contribution in [0.2, 0.25) is 0 Å². The van der Waals surface area contributed by atoms with Crippen molar-refractivity contribution in [3.8, 4) is 0 Å². The minimum Gasteiger partial charge on any atom is -0.481 e. The van der Waals surface area contributed by atoms with Crippen molar-refractivity contribution in [3.63, 3.8) is 0 Å². The molecule has 0 aliphatic heterocycles. The summed E-state index contributed by atoms with van der Waals surface area (Å²) in [6, 6.07) is 1.44. The molecule has 14 heavy (non-hydrogen) atoms. The Kier molecular flexibility index (Phi) is 3.66. The molecule has 0 aromatic carbocycles. The zero-order valence-corrected chi connectivity index (χ0v) is 7.40. The standard InChI is InChI=1S/C8H10N2O4/c11-7(12)2-1-4-9-8(13)6-3-5-14-10-6/h3,5H,1-2,4H2,(H,9,13)(H,11,12). The normalized spacial score (nSPS) is 9.71. The fourth-order valence-corrected chi connectivity index (χ4v) is 0.862. The number of carboxylic acid groups (broad SMARTS) is 1. The Morgan fingerprint density at radius 1 is 1.57 bits per heavy atom. The third kappa shape index (κ3) is 3.26. The minimum absolute atomic E-state index is 0.0408. The molecule has 1 rings (SSSR count). The molecule has 1 amide bonds. The molecule has 0 atom stereocenters. The SMILES string of the molecule is O=C(O)CCCNC(=O)c1ccon1. The van der Waals surface area contributed by atoms with Gasteiger partial charge in [-0.15, -0.1) is 0 Å². The number of amides is 1. The summed E-state index contributed by atoms with van der Waals surface area (Å²) in [5.74, 6) is -1.23. The Labute approximate surface area is 79.9 Å². The van der Waals surface area contributed by atoms with Crippen LogP contribution < -0.4 is 5.32 Å². The highest BCUT2D eigenvalue weighted by Gasteiger charge is 2.07. The van der Waals surface area contributed by atoms with E-state index >= 15 is 0 Å². The van der Waals surface area contributed by atoms with Crippen LogP contribution in [0.3, 0.4) is 0 Å². The molecule has 0 saturated heterocycles. The van der Waals surface area contributed by atoms with E-state index in [2.05, 4.69) is 15.0 Å². The molecule has 1 aromatic heterocycles. The van der Waals surface area contributed by atoms with Gasteiger partial charge in [0.25, 0.3) is 5.91 Å². The van der Waals surface area contributed by atoms with Crippen LogP contribution in [-0.2, 0) is 4.79 Å². The summed E-state index contributed by atoms with van der Waals surface area (Å²) in [6.45, 7) is 0.317. The van der Waals surface area contributed by atoms with Crippen molar-refractivity contribution in [2.24, 2.45) is 0 Å². The first-order chi connectivity index (χ1) is 6.70. The molecular weight excluding hydrogens is 188 g/mol. The van der Waals surface area contributed by atoms with Crippen molar-refractivity contribution in [3.05, 3.63) is 18.0 Å². The van der Waals surface area contributed by atoms with E-state index in [1.807, 2.05) is 0 Å². The fourth-order valence-electron chi connectivity index (χ4n) is 0.862. The van der Waals surface area contributed by atoms with Gasteiger partial charge in [0.05, 0.1) is 0 Å². The molecule has 1 aromatic rings. The summed E-state index contributed by atoms with van der Waals surface area (Å²) in [7, 11) is 0. The molecule has 0 aliphatic carbocycles. The lowest BCUT2D eigenvalue weighted by Gasteiger charge is -1.99. The van der Waals surface area contributed by atoms with E-state index in [9.17, 15) is 9.59 Å². The van der Waals surface area contributed by atoms with Crippen molar-refractivity contribution in [2.45, 2.75) is 12.8 Å². The summed E-state index contributed by atoms with van der Waals surface area (Å²) < 4.78 is 4.48. The molecule has 6 heteroatoms. The predicted molar refractivity (Wildman–Crippen MR) is 45.7 cm³/mol. The maximum absolute atomic E-state index is 11.2. The van der Waals surface area contributed by atoms with Crippen LogP contribution in [-0.4, -0.2) is 28.7 Å². The average molecular weight is 198 g/mol. The van der Waals surface area contributed by atoms with Gasteiger partial charge >= 0.3 is 5.97 Å². The minimum atomic E-state index is -0.874. The number of aliphatic carboxylic acids is 1. The quantitative estimate of drug-likeness (QED) is 0.662. The van der Waals surface area contributed by atoms with Gasteiger partial charge in [-0.3, -0.25) is 9.59 Å². The van der Waals surface area contributed by atoms with Gasteiger partial charge in [0.2, 0.25) is 0 Å². The molecule has 0 unspecified atom stereocenters. The van der Waals surface area contributed by atoms with Crippen LogP contribution in [0.4, 0.5) is 0 Å². The molecule has 6 nitrogen and oxygen atoms in total. The van der Waals surface area contributed by atoms with Crippen molar-refractivity contribution < 1.29 is 19.2 Å². The van der Waals surface area contributed by atoms with Gasteiger partial charge in [0.15, 0.2) is 5.69 Å². The number of carbonyl (C=O) groups is 2. The molecule has 0 bridgehead atoms. The molecule has 0 spiro atoms. The van der Waals surface area contributed by atoms with Gasteiger partial charge in [0, 0.05) is 19.0 Å². The molecule has 0 radical (unpaired) electrons. The van der Waals surface area contributed by atoms with E-state index < -0.39 is 5.97 Å². The largest absolute Gasteiger partial charge is 0.481 e. The van der Waals surface area contributed by atoms with E-state index in [1.165, 1.54) is 12.3 Å². The summed E-state index contributed by atoms with van der Waals surface area (Å²) in [4.78, 5) is 21.3. The van der Waals surface area contributed by atoms with Gasteiger partial charge in [-0.2, -0.15) is 0 Å². The fraction of sp³-hybridized carbons (Fsp3) is 0.375. The number of nitrogens with one attached hydrogen (secondary N) is 1. The van der Waals surface area contributed by atoms with Gasteiger partial charge < -0.3 is 14.9 Å². The first-order valence-electron chi connectivity index (χ1n) is 4.10. The zero-order chi connectivity index (χ0) is 10.4. The lowest BCUT2D eigenvalue weighted by atomic mass is 10.3. The zero-order valence-electron chi connectivity index (χ0n) is 7.40. The van der Waals surface area contributed by atoms with Gasteiger partial charge in [0.1, 0.15) is 6.26 Å². The smallest absolute Gasteiger partial charge is 0.303 e. The highest BCUT2D eigenvalue weighted by Crippen LogP contribution is 1.94. The van der Waals surface area contributed by atoms with Crippen LogP contribution >= 0.6 is 0 Å². The van der Waals surface area contributed by atoms with Crippen LogP contribution in [0, 0.1) is 0 Å². The Hall–Kier alpha value is -1.85. The van der Waals surface area contributed by atoms with E-state index in [0.29, 0.717) is 13.0 Å². The number of carbonyl (C=O) groups excluding carboxylic acids is 1. The monoisotopic (exact) mass is 198 g/mol. The van der Waals surface area contributed by atoms with Crippen molar-refractivity contribution >= 4 is 11.9 Å². The number of nitrogens with zero attached hydrogens (tertiary/aromatic N) is 1. The highest BCUT2D eigenvalue weighted by atomic mass is 16.5. The first kappa shape index (κ1) is 10.2. The predicted octanol–water partition coefficient (Wildman–Crippen LogP) is 0.269. The Balaban J connectivity index is 2.19. The van der Waals surface area contributed by atoms with E-state index in [4.69, 9.17) is 5.11 Å². The van der Waals surface area contributed by atoms with Gasteiger partial charge in [-0.25, -0.2) is 0 Å². The summed E-state index contributed by atoms with van der Waals surface area (Å²) in [5.41, 5.74) is 0.195. The van der Waals surface area contributed by atoms with Gasteiger partial charge in [-0.05, 0) is 6.42 Å². The summed E-state index contributed by atoms with van der Waals surface area (Å²) in [5, 5.41) is 14.3. The van der Waals surface area contributed by atoms with Crippen molar-refractivity contribution in [1.82, 2.24) is 10.5 Å². The second-order valence-electron chi connectivity index (χ2n) is 2.64. The number of hydrogen-bond donors (Lipinski definition) is 2. The van der Waals surface area contributed by atoms with Crippen LogP contribution in [0.5, 0.6) is 0 Å². The average Bonchev–Trinajstić information content (AvgIpc) is 2.64. The summed E-state index contributed by atoms with van der Waals surface area (Å²) >= 11 is 0. The molecule has 76 valence electrons. The van der Waals surface area contributed by atoms with Crippen molar-refractivity contribution in [2.75, 3.05) is 6.54 Å². The lowest BCUT2D eigenvalue weighted by molar-refractivity contribution is -0.137. The second kappa shape index (κ2) is 5.00. The number of rotatable bonds is 5. The topological polar surface area (TPSA) is 92.4 Å². The Morgan fingerprint density at radius 2 is 2.36 bits per heavy atom. The van der Waals surface area contributed by atoms with E-state index in [1.54, 1.807) is 0 Å². The molecule has 1 heterocycles.